The highest BCUT2D eigenvalue weighted by molar-refractivity contribution is 5.87. The zero-order valence-corrected chi connectivity index (χ0v) is 9.78. The van der Waals surface area contributed by atoms with Crippen LogP contribution in [0.25, 0.3) is 0 Å². The molecule has 0 saturated heterocycles. The Morgan fingerprint density at radius 1 is 1.06 bits per heavy atom. The maximum Gasteiger partial charge on any atom is 0.331 e. The van der Waals surface area contributed by atoms with Crippen LogP contribution in [0, 0.1) is 11.3 Å². The van der Waals surface area contributed by atoms with Crippen molar-refractivity contribution in [2.45, 2.75) is 49.7 Å². The highest BCUT2D eigenvalue weighted by Gasteiger charge is 2.64. The van der Waals surface area contributed by atoms with E-state index in [1.165, 1.54) is 0 Å². The van der Waals surface area contributed by atoms with E-state index in [4.69, 9.17) is 5.11 Å². The standard InChI is InChI=1S/C13H18O4/c1-8(10(14)15)11-2-9-3-12(16,5-11)7-13(17,4-9)6-11/h9,16-17H,1-7H2,(H,14,15). The van der Waals surface area contributed by atoms with Gasteiger partial charge in [0.05, 0.1) is 11.2 Å². The van der Waals surface area contributed by atoms with Crippen LogP contribution >= 0.6 is 0 Å². The molecular formula is C13H18O4. The van der Waals surface area contributed by atoms with Gasteiger partial charge in [0.1, 0.15) is 0 Å². The van der Waals surface area contributed by atoms with Gasteiger partial charge in [0.15, 0.2) is 0 Å². The monoisotopic (exact) mass is 238 g/mol. The fourth-order valence-corrected chi connectivity index (χ4v) is 4.90. The molecule has 0 amide bonds. The van der Waals surface area contributed by atoms with E-state index in [0.29, 0.717) is 32.1 Å². The average Bonchev–Trinajstić information content (AvgIpc) is 2.10. The lowest BCUT2D eigenvalue weighted by Gasteiger charge is -2.63. The quantitative estimate of drug-likeness (QED) is 0.629. The second-order valence-electron chi connectivity index (χ2n) is 6.52. The molecule has 0 radical (unpaired) electrons. The Hall–Kier alpha value is -0.870. The Morgan fingerprint density at radius 3 is 2.00 bits per heavy atom. The summed E-state index contributed by atoms with van der Waals surface area (Å²) < 4.78 is 0. The third-order valence-corrected chi connectivity index (χ3v) is 4.91. The molecule has 4 rings (SSSR count). The normalized spacial score (nSPS) is 51.5. The van der Waals surface area contributed by atoms with Gasteiger partial charge in [0.2, 0.25) is 0 Å². The van der Waals surface area contributed by atoms with E-state index in [1.54, 1.807) is 0 Å². The predicted molar refractivity (Wildman–Crippen MR) is 60.3 cm³/mol. The molecule has 17 heavy (non-hydrogen) atoms. The first-order valence-corrected chi connectivity index (χ1v) is 6.14. The third-order valence-electron chi connectivity index (χ3n) is 4.91. The number of hydrogen-bond donors (Lipinski definition) is 3. The maximum atomic E-state index is 11.2. The second-order valence-corrected chi connectivity index (χ2v) is 6.52. The van der Waals surface area contributed by atoms with Gasteiger partial charge in [-0.25, -0.2) is 4.79 Å². The van der Waals surface area contributed by atoms with Crippen molar-refractivity contribution in [2.24, 2.45) is 11.3 Å². The Bertz CT molecular complexity index is 396. The van der Waals surface area contributed by atoms with Gasteiger partial charge in [0.25, 0.3) is 0 Å². The van der Waals surface area contributed by atoms with E-state index in [0.717, 1.165) is 6.42 Å². The van der Waals surface area contributed by atoms with Crippen molar-refractivity contribution in [3.8, 4) is 0 Å². The lowest BCUT2D eigenvalue weighted by atomic mass is 9.45. The van der Waals surface area contributed by atoms with Crippen molar-refractivity contribution in [1.29, 1.82) is 0 Å². The summed E-state index contributed by atoms with van der Waals surface area (Å²) >= 11 is 0. The van der Waals surface area contributed by atoms with Crippen LogP contribution in [0.15, 0.2) is 12.2 Å². The Labute approximate surface area is 100.0 Å². The molecule has 4 bridgehead atoms. The molecule has 3 N–H and O–H groups in total. The van der Waals surface area contributed by atoms with Crippen molar-refractivity contribution in [2.75, 3.05) is 0 Å². The van der Waals surface area contributed by atoms with Crippen LogP contribution in [0.2, 0.25) is 0 Å². The Balaban J connectivity index is 2.03. The largest absolute Gasteiger partial charge is 0.478 e. The van der Waals surface area contributed by atoms with Gasteiger partial charge in [-0.2, -0.15) is 0 Å². The van der Waals surface area contributed by atoms with E-state index in [2.05, 4.69) is 6.58 Å². The summed E-state index contributed by atoms with van der Waals surface area (Å²) in [5.74, 6) is -0.767. The number of carbonyl (C=O) groups is 1. The van der Waals surface area contributed by atoms with Gasteiger partial charge in [-0.3, -0.25) is 0 Å². The fraction of sp³-hybridized carbons (Fsp3) is 0.769. The first-order chi connectivity index (χ1) is 7.76. The number of carboxylic acids is 1. The molecule has 0 aromatic carbocycles. The zero-order valence-electron chi connectivity index (χ0n) is 9.78. The van der Waals surface area contributed by atoms with Crippen LogP contribution < -0.4 is 0 Å². The summed E-state index contributed by atoms with van der Waals surface area (Å²) in [5, 5.41) is 30.1. The molecule has 4 nitrogen and oxygen atoms in total. The molecule has 0 aromatic rings. The smallest absolute Gasteiger partial charge is 0.331 e. The topological polar surface area (TPSA) is 77.8 Å². The van der Waals surface area contributed by atoms with Crippen LogP contribution in [0.3, 0.4) is 0 Å². The highest BCUT2D eigenvalue weighted by Crippen LogP contribution is 2.65. The average molecular weight is 238 g/mol. The Kier molecular flexibility index (Phi) is 1.93. The van der Waals surface area contributed by atoms with Gasteiger partial charge in [-0.1, -0.05) is 6.58 Å². The van der Waals surface area contributed by atoms with Gasteiger partial charge in [-0.05, 0) is 38.0 Å². The predicted octanol–water partition coefficient (Wildman–Crippen LogP) is 1.07. The van der Waals surface area contributed by atoms with Crippen LogP contribution in [-0.2, 0) is 4.79 Å². The number of carboxylic acid groups (broad SMARTS) is 1. The third kappa shape index (κ3) is 1.47. The maximum absolute atomic E-state index is 11.2. The molecule has 0 aliphatic heterocycles. The molecule has 0 heterocycles. The van der Waals surface area contributed by atoms with Crippen molar-refractivity contribution >= 4 is 5.97 Å². The summed E-state index contributed by atoms with van der Waals surface area (Å²) in [6.07, 6.45) is 3.44. The Morgan fingerprint density at radius 2 is 1.59 bits per heavy atom. The lowest BCUT2D eigenvalue weighted by Crippen LogP contribution is -2.63. The van der Waals surface area contributed by atoms with E-state index in [-0.39, 0.29) is 11.5 Å². The minimum atomic E-state index is -1.00. The molecule has 4 heteroatoms. The first-order valence-electron chi connectivity index (χ1n) is 6.14. The van der Waals surface area contributed by atoms with E-state index in [1.807, 2.05) is 0 Å². The zero-order chi connectivity index (χ0) is 12.5. The van der Waals surface area contributed by atoms with Crippen molar-refractivity contribution in [3.05, 3.63) is 12.2 Å². The molecule has 0 aromatic heterocycles. The van der Waals surface area contributed by atoms with Crippen molar-refractivity contribution in [3.63, 3.8) is 0 Å². The summed E-state index contributed by atoms with van der Waals surface area (Å²) in [6.45, 7) is 3.68. The molecule has 94 valence electrons. The van der Waals surface area contributed by atoms with Gasteiger partial charge in [-0.15, -0.1) is 0 Å². The molecule has 2 unspecified atom stereocenters. The molecule has 4 aliphatic carbocycles. The summed E-state index contributed by atoms with van der Waals surface area (Å²) in [7, 11) is 0. The molecule has 4 fully saturated rings. The molecule has 4 saturated carbocycles. The number of aliphatic hydroxyl groups is 2. The minimum Gasteiger partial charge on any atom is -0.478 e. The van der Waals surface area contributed by atoms with Gasteiger partial charge in [0, 0.05) is 17.4 Å². The van der Waals surface area contributed by atoms with E-state index in [9.17, 15) is 15.0 Å². The molecular weight excluding hydrogens is 220 g/mol. The molecule has 2 atom stereocenters. The van der Waals surface area contributed by atoms with Crippen LogP contribution in [0.4, 0.5) is 0 Å². The SMILES string of the molecule is C=C(C(=O)O)C12CC3CC(O)(CC(O)(C3)C1)C2. The van der Waals surface area contributed by atoms with Gasteiger partial charge >= 0.3 is 5.97 Å². The highest BCUT2D eigenvalue weighted by atomic mass is 16.4. The number of aliphatic carboxylic acids is 1. The molecule has 0 spiro atoms. The summed E-state index contributed by atoms with van der Waals surface area (Å²) in [4.78, 5) is 11.2. The van der Waals surface area contributed by atoms with Crippen LogP contribution in [0.5, 0.6) is 0 Å². The van der Waals surface area contributed by atoms with Crippen LogP contribution in [-0.4, -0.2) is 32.5 Å². The van der Waals surface area contributed by atoms with Crippen molar-refractivity contribution < 1.29 is 20.1 Å². The minimum absolute atomic E-state index is 0.165. The second kappa shape index (κ2) is 2.93. The first kappa shape index (κ1) is 11.2. The molecule has 4 aliphatic rings. The van der Waals surface area contributed by atoms with Crippen molar-refractivity contribution in [1.82, 2.24) is 0 Å². The fourth-order valence-electron chi connectivity index (χ4n) is 4.90. The number of hydrogen-bond acceptors (Lipinski definition) is 3. The number of rotatable bonds is 2. The summed E-state index contributed by atoms with van der Waals surface area (Å²) in [6, 6.07) is 0. The van der Waals surface area contributed by atoms with Crippen LogP contribution in [0.1, 0.15) is 38.5 Å². The van der Waals surface area contributed by atoms with E-state index >= 15 is 0 Å². The lowest BCUT2D eigenvalue weighted by molar-refractivity contribution is -0.221. The van der Waals surface area contributed by atoms with E-state index < -0.39 is 22.6 Å². The van der Waals surface area contributed by atoms with Gasteiger partial charge < -0.3 is 15.3 Å². The summed E-state index contributed by atoms with van der Waals surface area (Å²) in [5.41, 5.74) is -2.19.